The standard InChI is InChI=1S/C4H3F3N2/c5-4(6,7)3-1-2-8-9-3/h1-2H,(H,8,9)/p+1. The molecule has 1 heterocycles. The molecule has 0 fully saturated rings. The lowest BCUT2D eigenvalue weighted by molar-refractivity contribution is -0.590. The van der Waals surface area contributed by atoms with Crippen molar-refractivity contribution in [1.82, 2.24) is 0 Å². The molecule has 0 saturated carbocycles. The minimum Gasteiger partial charge on any atom is -0.194 e. The smallest absolute Gasteiger partial charge is 0.194 e. The Kier molecular flexibility index (Phi) is 1.28. The molecule has 0 unspecified atom stereocenters. The molecule has 2 nitrogen and oxygen atoms in total. The summed E-state index contributed by atoms with van der Waals surface area (Å²) in [5.41, 5.74) is 0.283. The molecular weight excluding hydrogens is 133 g/mol. The fraction of sp³-hybridized carbons (Fsp3) is 0.250. The molecule has 0 bridgehead atoms. The molecule has 0 aromatic heterocycles. The summed E-state index contributed by atoms with van der Waals surface area (Å²) < 4.78 is 34.7. The first-order valence-electron chi connectivity index (χ1n) is 2.25. The highest BCUT2D eigenvalue weighted by atomic mass is 19.4. The van der Waals surface area contributed by atoms with Crippen LogP contribution in [0.4, 0.5) is 13.2 Å². The summed E-state index contributed by atoms with van der Waals surface area (Å²) in [5.74, 6) is 0. The SMILES string of the molecule is FC(F)(F)C1=N[NH2+]C=C1. The van der Waals surface area contributed by atoms with Crippen molar-refractivity contribution in [3.63, 3.8) is 0 Å². The van der Waals surface area contributed by atoms with Crippen LogP contribution in [0.1, 0.15) is 0 Å². The van der Waals surface area contributed by atoms with E-state index in [-0.39, 0.29) is 0 Å². The zero-order chi connectivity index (χ0) is 6.91. The minimum absolute atomic E-state index is 0.831. The molecule has 2 N–H and O–H groups in total. The van der Waals surface area contributed by atoms with Gasteiger partial charge >= 0.3 is 6.18 Å². The molecular formula is C4H4F3N2+. The molecule has 1 rings (SSSR count). The van der Waals surface area contributed by atoms with Crippen molar-refractivity contribution in [1.29, 1.82) is 0 Å². The Morgan fingerprint density at radius 1 is 1.44 bits per heavy atom. The van der Waals surface area contributed by atoms with E-state index in [1.165, 1.54) is 6.20 Å². The Hall–Kier alpha value is -0.840. The number of hydrogen-bond donors (Lipinski definition) is 1. The minimum atomic E-state index is -4.29. The molecule has 0 saturated heterocycles. The van der Waals surface area contributed by atoms with E-state index >= 15 is 0 Å². The number of rotatable bonds is 0. The summed E-state index contributed by atoms with van der Waals surface area (Å²) >= 11 is 0. The van der Waals surface area contributed by atoms with Crippen molar-refractivity contribution in [3.05, 3.63) is 12.3 Å². The Morgan fingerprint density at radius 2 is 2.11 bits per heavy atom. The lowest BCUT2D eigenvalue weighted by Crippen LogP contribution is -2.69. The van der Waals surface area contributed by atoms with E-state index in [0.717, 1.165) is 11.5 Å². The molecule has 0 spiro atoms. The van der Waals surface area contributed by atoms with Gasteiger partial charge in [0, 0.05) is 6.08 Å². The lowest BCUT2D eigenvalue weighted by Gasteiger charge is -1.98. The quantitative estimate of drug-likeness (QED) is 0.455. The van der Waals surface area contributed by atoms with Crippen molar-refractivity contribution in [2.75, 3.05) is 0 Å². The number of nitrogens with zero attached hydrogens (tertiary/aromatic N) is 1. The highest BCUT2D eigenvalue weighted by Crippen LogP contribution is 2.17. The van der Waals surface area contributed by atoms with Crippen LogP contribution in [0, 0.1) is 0 Å². The van der Waals surface area contributed by atoms with E-state index in [1.807, 2.05) is 0 Å². The predicted molar refractivity (Wildman–Crippen MR) is 24.6 cm³/mol. The third kappa shape index (κ3) is 1.29. The number of nitrogens with two attached hydrogens (primary N) is 1. The zero-order valence-electron chi connectivity index (χ0n) is 4.31. The van der Waals surface area contributed by atoms with Gasteiger partial charge in [-0.15, -0.1) is 0 Å². The lowest BCUT2D eigenvalue weighted by atomic mass is 10.4. The molecule has 0 amide bonds. The van der Waals surface area contributed by atoms with Crippen LogP contribution in [-0.4, -0.2) is 11.9 Å². The van der Waals surface area contributed by atoms with Gasteiger partial charge in [0.2, 0.25) is 5.71 Å². The summed E-state index contributed by atoms with van der Waals surface area (Å²) in [6.45, 7) is 0. The highest BCUT2D eigenvalue weighted by molar-refractivity contribution is 5.99. The van der Waals surface area contributed by atoms with Crippen molar-refractivity contribution < 1.29 is 18.6 Å². The van der Waals surface area contributed by atoms with Gasteiger partial charge in [-0.05, 0) is 0 Å². The summed E-state index contributed by atoms with van der Waals surface area (Å²) in [5, 5.41) is 3.06. The van der Waals surface area contributed by atoms with Crippen molar-refractivity contribution in [3.8, 4) is 0 Å². The molecule has 0 aliphatic carbocycles. The van der Waals surface area contributed by atoms with Gasteiger partial charge in [0.25, 0.3) is 0 Å². The van der Waals surface area contributed by atoms with Crippen molar-refractivity contribution in [2.24, 2.45) is 5.10 Å². The first-order valence-corrected chi connectivity index (χ1v) is 2.25. The van der Waals surface area contributed by atoms with Crippen LogP contribution in [0.3, 0.4) is 0 Å². The monoisotopic (exact) mass is 137 g/mol. The van der Waals surface area contributed by atoms with Gasteiger partial charge in [-0.3, -0.25) is 0 Å². The van der Waals surface area contributed by atoms with Crippen molar-refractivity contribution in [2.45, 2.75) is 6.18 Å². The zero-order valence-corrected chi connectivity index (χ0v) is 4.31. The van der Waals surface area contributed by atoms with Gasteiger partial charge in [0.15, 0.2) is 0 Å². The van der Waals surface area contributed by atoms with Crippen LogP contribution in [0.2, 0.25) is 0 Å². The molecule has 0 aromatic carbocycles. The molecule has 50 valence electrons. The number of hydrogen-bond acceptors (Lipinski definition) is 1. The number of alkyl halides is 3. The van der Waals surface area contributed by atoms with Crippen LogP contribution in [0.15, 0.2) is 17.4 Å². The third-order valence-corrected chi connectivity index (χ3v) is 0.844. The number of quaternary nitrogens is 1. The van der Waals surface area contributed by atoms with E-state index in [1.54, 1.807) is 0 Å². The van der Waals surface area contributed by atoms with E-state index in [9.17, 15) is 13.2 Å². The van der Waals surface area contributed by atoms with Crippen LogP contribution < -0.4 is 5.43 Å². The normalized spacial score (nSPS) is 18.3. The third-order valence-electron chi connectivity index (χ3n) is 0.844. The second kappa shape index (κ2) is 1.84. The maximum absolute atomic E-state index is 11.6. The van der Waals surface area contributed by atoms with E-state index in [2.05, 4.69) is 5.10 Å². The molecule has 0 atom stereocenters. The predicted octanol–water partition coefficient (Wildman–Crippen LogP) is -0.00460. The molecule has 9 heavy (non-hydrogen) atoms. The van der Waals surface area contributed by atoms with Crippen LogP contribution in [0.5, 0.6) is 0 Å². The summed E-state index contributed by atoms with van der Waals surface area (Å²) in [6, 6.07) is 0. The Morgan fingerprint density at radius 3 is 2.33 bits per heavy atom. The van der Waals surface area contributed by atoms with Gasteiger partial charge in [0.05, 0.1) is 0 Å². The molecule has 5 heteroatoms. The second-order valence-electron chi connectivity index (χ2n) is 1.52. The highest BCUT2D eigenvalue weighted by Gasteiger charge is 2.37. The van der Waals surface area contributed by atoms with E-state index < -0.39 is 11.9 Å². The second-order valence-corrected chi connectivity index (χ2v) is 1.52. The molecule has 1 aliphatic rings. The Balaban J connectivity index is 2.73. The van der Waals surface area contributed by atoms with Crippen LogP contribution >= 0.6 is 0 Å². The summed E-state index contributed by atoms with van der Waals surface area (Å²) in [7, 11) is 0. The fourth-order valence-electron chi connectivity index (χ4n) is 0.468. The van der Waals surface area contributed by atoms with Crippen LogP contribution in [-0.2, 0) is 0 Å². The van der Waals surface area contributed by atoms with E-state index in [4.69, 9.17) is 0 Å². The van der Waals surface area contributed by atoms with Gasteiger partial charge in [-0.2, -0.15) is 18.6 Å². The van der Waals surface area contributed by atoms with E-state index in [0.29, 0.717) is 0 Å². The summed E-state index contributed by atoms with van der Waals surface area (Å²) in [6.07, 6.45) is -2.10. The first kappa shape index (κ1) is 6.28. The van der Waals surface area contributed by atoms with Crippen LogP contribution in [0.25, 0.3) is 0 Å². The Labute approximate surface area is 49.1 Å². The van der Waals surface area contributed by atoms with Gasteiger partial charge in [-0.1, -0.05) is 5.10 Å². The Bertz CT molecular complexity index is 167. The summed E-state index contributed by atoms with van der Waals surface area (Å²) in [4.78, 5) is 0. The van der Waals surface area contributed by atoms with Gasteiger partial charge < -0.3 is 0 Å². The molecule has 0 aromatic rings. The average molecular weight is 137 g/mol. The fourth-order valence-corrected chi connectivity index (χ4v) is 0.468. The number of allylic oxidation sites excluding steroid dienone is 1. The average Bonchev–Trinajstić information content (AvgIpc) is 2.08. The molecule has 0 radical (unpaired) electrons. The topological polar surface area (TPSA) is 29.0 Å². The first-order chi connectivity index (χ1) is 4.11. The van der Waals surface area contributed by atoms with Crippen molar-refractivity contribution >= 4 is 5.71 Å². The maximum Gasteiger partial charge on any atom is 0.438 e. The molecule has 1 aliphatic heterocycles. The maximum atomic E-state index is 11.6. The van der Waals surface area contributed by atoms with Gasteiger partial charge in [0.1, 0.15) is 6.20 Å². The largest absolute Gasteiger partial charge is 0.438 e. The van der Waals surface area contributed by atoms with Gasteiger partial charge in [-0.25, -0.2) is 0 Å². The number of halogens is 3.